The maximum absolute atomic E-state index is 10.6. The van der Waals surface area contributed by atoms with E-state index in [-0.39, 0.29) is 0 Å². The first-order valence-corrected chi connectivity index (χ1v) is 15.2. The van der Waals surface area contributed by atoms with E-state index in [9.17, 15) is 9.59 Å². The summed E-state index contributed by atoms with van der Waals surface area (Å²) in [6, 6.07) is 0. The number of hydrogen-bond donors (Lipinski definition) is 2. The van der Waals surface area contributed by atoms with E-state index < -0.39 is 31.0 Å². The first kappa shape index (κ1) is 28.4. The van der Waals surface area contributed by atoms with Crippen LogP contribution in [0.5, 0.6) is 0 Å². The van der Waals surface area contributed by atoms with Crippen LogP contribution in [0, 0.1) is 11.8 Å². The standard InChI is InChI=1S/C16H37P.C8H12O4/c1-5-9-13-17(14-10-6-2,15-11-7-3)16-12-8-4;9-7(10)5-3-1-2-4-6(5)8(11)12/h17H,5-16H2,1-4H3;5-6H,1-4H2,(H,9,10)(H,11,12). The predicted molar refractivity (Wildman–Crippen MR) is 128 cm³/mol. The molecule has 0 heterocycles. The molecule has 29 heavy (non-hydrogen) atoms. The van der Waals surface area contributed by atoms with Crippen molar-refractivity contribution in [1.82, 2.24) is 0 Å². The van der Waals surface area contributed by atoms with Crippen molar-refractivity contribution in [2.75, 3.05) is 24.6 Å². The molecule has 1 saturated carbocycles. The van der Waals surface area contributed by atoms with Crippen LogP contribution in [0.3, 0.4) is 0 Å². The fourth-order valence-electron chi connectivity index (χ4n) is 4.68. The Labute approximate surface area is 180 Å². The van der Waals surface area contributed by atoms with E-state index in [1.165, 1.54) is 51.4 Å². The summed E-state index contributed by atoms with van der Waals surface area (Å²) in [4.78, 5) is 21.2. The second-order valence-electron chi connectivity index (χ2n) is 9.09. The Morgan fingerprint density at radius 2 is 0.931 bits per heavy atom. The molecule has 0 spiro atoms. The van der Waals surface area contributed by atoms with E-state index in [0.717, 1.165) is 12.8 Å². The topological polar surface area (TPSA) is 74.6 Å². The molecule has 2 unspecified atom stereocenters. The molecule has 0 saturated heterocycles. The Hall–Kier alpha value is -0.630. The zero-order chi connectivity index (χ0) is 22.1. The van der Waals surface area contributed by atoms with Crippen LogP contribution in [-0.2, 0) is 9.59 Å². The molecule has 0 aromatic heterocycles. The fraction of sp³-hybridized carbons (Fsp3) is 0.917. The van der Waals surface area contributed by atoms with Gasteiger partial charge in [-0.25, -0.2) is 0 Å². The minimum absolute atomic E-state index is 0.506. The third-order valence-electron chi connectivity index (χ3n) is 6.64. The van der Waals surface area contributed by atoms with Gasteiger partial charge in [-0.3, -0.25) is 9.59 Å². The summed E-state index contributed by atoms with van der Waals surface area (Å²) in [7, 11) is -0.879. The van der Waals surface area contributed by atoms with Gasteiger partial charge in [0.15, 0.2) is 0 Å². The molecule has 1 fully saturated rings. The number of aliphatic carboxylic acids is 2. The molecule has 4 nitrogen and oxygen atoms in total. The van der Waals surface area contributed by atoms with Crippen LogP contribution in [0.1, 0.15) is 105 Å². The monoisotopic (exact) mass is 432 g/mol. The van der Waals surface area contributed by atoms with Gasteiger partial charge in [0.05, 0.1) is 11.8 Å². The van der Waals surface area contributed by atoms with Crippen molar-refractivity contribution in [2.24, 2.45) is 11.8 Å². The van der Waals surface area contributed by atoms with Crippen molar-refractivity contribution in [1.29, 1.82) is 0 Å². The number of carboxylic acid groups (broad SMARTS) is 2. The summed E-state index contributed by atoms with van der Waals surface area (Å²) in [6.45, 7) is 9.44. The summed E-state index contributed by atoms with van der Waals surface area (Å²) < 4.78 is 0. The van der Waals surface area contributed by atoms with E-state index >= 15 is 0 Å². The van der Waals surface area contributed by atoms with Gasteiger partial charge >= 0.3 is 123 Å². The average Bonchev–Trinajstić information content (AvgIpc) is 2.73. The summed E-state index contributed by atoms with van der Waals surface area (Å²) in [5.74, 6) is -3.28. The van der Waals surface area contributed by atoms with Crippen LogP contribution >= 0.6 is 7.26 Å². The van der Waals surface area contributed by atoms with Gasteiger partial charge in [-0.15, -0.1) is 0 Å². The van der Waals surface area contributed by atoms with E-state index in [0.29, 0.717) is 12.8 Å². The second kappa shape index (κ2) is 17.1. The van der Waals surface area contributed by atoms with Crippen molar-refractivity contribution in [3.05, 3.63) is 0 Å². The molecule has 0 amide bonds. The summed E-state index contributed by atoms with van der Waals surface area (Å²) in [5.41, 5.74) is 0. The van der Waals surface area contributed by atoms with Crippen LogP contribution in [0.4, 0.5) is 0 Å². The van der Waals surface area contributed by atoms with E-state index in [2.05, 4.69) is 27.7 Å². The number of unbranched alkanes of at least 4 members (excludes halogenated alkanes) is 4. The molecule has 1 aliphatic rings. The molecule has 174 valence electrons. The number of rotatable bonds is 14. The molecule has 0 aromatic carbocycles. The minimum atomic E-state index is -0.970. The first-order chi connectivity index (χ1) is 13.9. The Morgan fingerprint density at radius 3 is 1.14 bits per heavy atom. The van der Waals surface area contributed by atoms with Gasteiger partial charge in [-0.2, -0.15) is 0 Å². The molecular formula is C24H49O4P. The van der Waals surface area contributed by atoms with Gasteiger partial charge in [-0.05, 0) is 12.8 Å². The predicted octanol–water partition coefficient (Wildman–Crippen LogP) is 6.90. The quantitative estimate of drug-likeness (QED) is 0.293. The zero-order valence-electron chi connectivity index (χ0n) is 19.7. The Balaban J connectivity index is 0.000000571. The van der Waals surface area contributed by atoms with Gasteiger partial charge in [0.1, 0.15) is 0 Å². The van der Waals surface area contributed by atoms with Crippen LogP contribution in [0.15, 0.2) is 0 Å². The molecular weight excluding hydrogens is 383 g/mol. The van der Waals surface area contributed by atoms with E-state index in [4.69, 9.17) is 10.2 Å². The van der Waals surface area contributed by atoms with Crippen LogP contribution in [0.25, 0.3) is 0 Å². The number of hydrogen-bond acceptors (Lipinski definition) is 2. The van der Waals surface area contributed by atoms with Crippen molar-refractivity contribution in [2.45, 2.75) is 105 Å². The number of carbonyl (C=O) groups is 2. The Morgan fingerprint density at radius 1 is 0.655 bits per heavy atom. The molecule has 2 atom stereocenters. The van der Waals surface area contributed by atoms with E-state index in [1.54, 1.807) is 24.6 Å². The van der Waals surface area contributed by atoms with Gasteiger partial charge in [0, 0.05) is 0 Å². The fourth-order valence-corrected chi connectivity index (χ4v) is 10.6. The maximum Gasteiger partial charge on any atom is 0.307 e. The van der Waals surface area contributed by atoms with Gasteiger partial charge in [0.25, 0.3) is 0 Å². The molecule has 0 radical (unpaired) electrons. The van der Waals surface area contributed by atoms with Crippen molar-refractivity contribution < 1.29 is 19.8 Å². The molecule has 1 rings (SSSR count). The average molecular weight is 433 g/mol. The number of carboxylic acids is 2. The summed E-state index contributed by atoms with van der Waals surface area (Å²) >= 11 is 0. The molecule has 0 bridgehead atoms. The smallest absolute Gasteiger partial charge is 0.307 e. The van der Waals surface area contributed by atoms with Crippen LogP contribution in [0.2, 0.25) is 0 Å². The molecule has 0 aromatic rings. The van der Waals surface area contributed by atoms with Gasteiger partial charge in [0.2, 0.25) is 0 Å². The molecule has 2 N–H and O–H groups in total. The van der Waals surface area contributed by atoms with Crippen molar-refractivity contribution in [3.8, 4) is 0 Å². The Kier molecular flexibility index (Phi) is 16.7. The zero-order valence-corrected chi connectivity index (χ0v) is 20.7. The maximum atomic E-state index is 10.6. The van der Waals surface area contributed by atoms with Crippen LogP contribution < -0.4 is 0 Å². The van der Waals surface area contributed by atoms with E-state index in [1.807, 2.05) is 0 Å². The van der Waals surface area contributed by atoms with Crippen LogP contribution in [-0.4, -0.2) is 46.8 Å². The third-order valence-corrected chi connectivity index (χ3v) is 12.3. The normalized spacial score (nSPS) is 19.9. The molecule has 1 aliphatic carbocycles. The molecule has 0 aliphatic heterocycles. The summed E-state index contributed by atoms with van der Waals surface area (Å²) in [5, 5.41) is 17.4. The molecule has 5 heteroatoms. The third kappa shape index (κ3) is 12.0. The van der Waals surface area contributed by atoms with Gasteiger partial charge in [-0.1, -0.05) is 12.8 Å². The minimum Gasteiger partial charge on any atom is -0.481 e. The van der Waals surface area contributed by atoms with Crippen molar-refractivity contribution in [3.63, 3.8) is 0 Å². The van der Waals surface area contributed by atoms with Crippen molar-refractivity contribution >= 4 is 19.2 Å². The second-order valence-corrected chi connectivity index (χ2v) is 14.1. The summed E-state index contributed by atoms with van der Waals surface area (Å²) in [6.07, 6.45) is 20.8. The SMILES string of the molecule is CCCC[PH](CCCC)(CCCC)CCCC.O=C(O)C1CCCCC1C(=O)O. The largest absolute Gasteiger partial charge is 0.481 e. The van der Waals surface area contributed by atoms with Gasteiger partial charge < -0.3 is 10.2 Å². The Bertz CT molecular complexity index is 379. The first-order valence-electron chi connectivity index (χ1n) is 12.3.